The third-order valence-corrected chi connectivity index (χ3v) is 5.06. The maximum Gasteiger partial charge on any atom is 0.303 e. The Kier molecular flexibility index (Phi) is 6.77. The fraction of sp³-hybridized carbons (Fsp3) is 0.333. The first kappa shape index (κ1) is 21.4. The Bertz CT molecular complexity index is 1010. The fourth-order valence-electron chi connectivity index (χ4n) is 3.42. The van der Waals surface area contributed by atoms with Crippen molar-refractivity contribution < 1.29 is 19.2 Å². The zero-order valence-corrected chi connectivity index (χ0v) is 17.9. The lowest BCUT2D eigenvalue weighted by Crippen LogP contribution is -2.13. The number of ether oxygens (including phenoxy) is 1. The van der Waals surface area contributed by atoms with E-state index in [1.54, 1.807) is 0 Å². The molecule has 0 aliphatic heterocycles. The van der Waals surface area contributed by atoms with E-state index >= 15 is 0 Å². The summed E-state index contributed by atoms with van der Waals surface area (Å²) >= 11 is 0. The van der Waals surface area contributed by atoms with Gasteiger partial charge in [-0.25, -0.2) is 0 Å². The Morgan fingerprint density at radius 1 is 1.20 bits per heavy atom. The molecule has 6 heteroatoms. The van der Waals surface area contributed by atoms with Crippen molar-refractivity contribution in [1.82, 2.24) is 5.16 Å². The fourth-order valence-corrected chi connectivity index (χ4v) is 3.42. The average Bonchev–Trinajstić information content (AvgIpc) is 3.20. The predicted molar refractivity (Wildman–Crippen MR) is 117 cm³/mol. The summed E-state index contributed by atoms with van der Waals surface area (Å²) < 4.78 is 11.8. The zero-order valence-electron chi connectivity index (χ0n) is 17.9. The molecule has 0 saturated heterocycles. The number of benzene rings is 2. The van der Waals surface area contributed by atoms with Crippen molar-refractivity contribution in [2.75, 3.05) is 19.0 Å². The highest BCUT2D eigenvalue weighted by atomic mass is 16.5. The zero-order chi connectivity index (χ0) is 21.7. The summed E-state index contributed by atoms with van der Waals surface area (Å²) in [4.78, 5) is 12.9. The summed E-state index contributed by atoms with van der Waals surface area (Å²) in [5.41, 5.74) is 4.90. The third kappa shape index (κ3) is 5.00. The molecule has 1 atom stereocenters. The highest BCUT2D eigenvalue weighted by Gasteiger charge is 2.19. The average molecular weight is 408 g/mol. The lowest BCUT2D eigenvalue weighted by Gasteiger charge is -2.20. The van der Waals surface area contributed by atoms with Crippen molar-refractivity contribution in [3.63, 3.8) is 0 Å². The number of hydrogen-bond donors (Lipinski definition) is 1. The van der Waals surface area contributed by atoms with E-state index in [2.05, 4.69) is 5.16 Å². The lowest BCUT2D eigenvalue weighted by atomic mass is 10.0. The molecule has 6 nitrogen and oxygen atoms in total. The Labute approximate surface area is 177 Å². The van der Waals surface area contributed by atoms with Crippen molar-refractivity contribution in [3.05, 3.63) is 65.4 Å². The van der Waals surface area contributed by atoms with Crippen molar-refractivity contribution >= 4 is 11.7 Å². The van der Waals surface area contributed by atoms with Gasteiger partial charge in [-0.15, -0.1) is 0 Å². The minimum absolute atomic E-state index is 0.0956. The largest absolute Gasteiger partial charge is 0.482 e. The number of anilines is 1. The number of nitrogens with zero attached hydrogens (tertiary/aromatic N) is 2. The van der Waals surface area contributed by atoms with Gasteiger partial charge in [0.05, 0.1) is 0 Å². The molecule has 3 aromatic rings. The van der Waals surface area contributed by atoms with Crippen LogP contribution in [0.4, 0.5) is 5.69 Å². The molecular formula is C24H28N2O4. The molecule has 0 aliphatic rings. The summed E-state index contributed by atoms with van der Waals surface area (Å²) in [6.07, 6.45) is 1.02. The van der Waals surface area contributed by atoms with Crippen LogP contribution >= 0.6 is 0 Å². The van der Waals surface area contributed by atoms with Gasteiger partial charge in [0.15, 0.2) is 11.9 Å². The molecule has 0 bridgehead atoms. The SMILES string of the molecule is CC[C@H](Oc1ccc(CCC(=O)O)c(N(C)C)c1)c1cc(-c2ccccc2C)no1. The van der Waals surface area contributed by atoms with E-state index in [1.807, 2.05) is 81.4 Å². The lowest BCUT2D eigenvalue weighted by molar-refractivity contribution is -0.136. The summed E-state index contributed by atoms with van der Waals surface area (Å²) in [6, 6.07) is 15.7. The third-order valence-electron chi connectivity index (χ3n) is 5.06. The molecule has 3 rings (SSSR count). The van der Waals surface area contributed by atoms with Gasteiger partial charge in [-0.1, -0.05) is 42.4 Å². The summed E-state index contributed by atoms with van der Waals surface area (Å²) in [5, 5.41) is 13.2. The van der Waals surface area contributed by atoms with Gasteiger partial charge in [-0.05, 0) is 37.0 Å². The number of rotatable bonds is 9. The van der Waals surface area contributed by atoms with Crippen LogP contribution in [0.2, 0.25) is 0 Å². The van der Waals surface area contributed by atoms with Crippen LogP contribution in [0.25, 0.3) is 11.3 Å². The van der Waals surface area contributed by atoms with Crippen molar-refractivity contribution in [2.24, 2.45) is 0 Å². The number of aryl methyl sites for hydroxylation is 2. The maximum atomic E-state index is 10.9. The Balaban J connectivity index is 1.81. The topological polar surface area (TPSA) is 75.8 Å². The second-order valence-electron chi connectivity index (χ2n) is 7.52. The minimum Gasteiger partial charge on any atom is -0.482 e. The van der Waals surface area contributed by atoms with Crippen LogP contribution in [-0.2, 0) is 11.2 Å². The van der Waals surface area contributed by atoms with Gasteiger partial charge in [0.1, 0.15) is 11.4 Å². The Morgan fingerprint density at radius 3 is 2.63 bits per heavy atom. The van der Waals surface area contributed by atoms with Crippen LogP contribution < -0.4 is 9.64 Å². The number of carboxylic acid groups (broad SMARTS) is 1. The quantitative estimate of drug-likeness (QED) is 0.520. The molecule has 0 saturated carbocycles. The molecule has 30 heavy (non-hydrogen) atoms. The molecule has 2 aromatic carbocycles. The van der Waals surface area contributed by atoms with Gasteiger partial charge in [0, 0.05) is 43.9 Å². The number of carbonyl (C=O) groups is 1. The van der Waals surface area contributed by atoms with Crippen molar-refractivity contribution in [2.45, 2.75) is 39.2 Å². The van der Waals surface area contributed by atoms with Gasteiger partial charge in [-0.2, -0.15) is 0 Å². The monoisotopic (exact) mass is 408 g/mol. The first-order valence-electron chi connectivity index (χ1n) is 10.1. The van der Waals surface area contributed by atoms with Crippen molar-refractivity contribution in [1.29, 1.82) is 0 Å². The summed E-state index contributed by atoms with van der Waals surface area (Å²) in [6.45, 7) is 4.08. The normalized spacial score (nSPS) is 11.9. The van der Waals surface area contributed by atoms with E-state index in [1.165, 1.54) is 0 Å². The molecule has 0 aliphatic carbocycles. The van der Waals surface area contributed by atoms with Gasteiger partial charge in [0.25, 0.3) is 0 Å². The number of hydrogen-bond acceptors (Lipinski definition) is 5. The highest BCUT2D eigenvalue weighted by molar-refractivity contribution is 5.68. The molecule has 0 radical (unpaired) electrons. The maximum absolute atomic E-state index is 10.9. The smallest absolute Gasteiger partial charge is 0.303 e. The van der Waals surface area contributed by atoms with Crippen LogP contribution in [0, 0.1) is 6.92 Å². The van der Waals surface area contributed by atoms with Gasteiger partial charge < -0.3 is 19.3 Å². The molecular weight excluding hydrogens is 380 g/mol. The van der Waals surface area contributed by atoms with Gasteiger partial charge in [-0.3, -0.25) is 4.79 Å². The molecule has 1 N–H and O–H groups in total. The van der Waals surface area contributed by atoms with Crippen LogP contribution in [0.3, 0.4) is 0 Å². The van der Waals surface area contributed by atoms with Crippen LogP contribution in [0.5, 0.6) is 5.75 Å². The molecule has 0 unspecified atom stereocenters. The van der Waals surface area contributed by atoms with E-state index in [9.17, 15) is 4.79 Å². The first-order valence-corrected chi connectivity index (χ1v) is 10.1. The molecule has 0 spiro atoms. The number of aliphatic carboxylic acids is 1. The number of aromatic nitrogens is 1. The van der Waals surface area contributed by atoms with Crippen LogP contribution in [-0.4, -0.2) is 30.3 Å². The Hall–Kier alpha value is -3.28. The molecule has 1 aromatic heterocycles. The second-order valence-corrected chi connectivity index (χ2v) is 7.52. The standard InChI is InChI=1S/C24H28N2O4/c1-5-22(23-15-20(25-30-23)19-9-7-6-8-16(19)2)29-18-12-10-17(11-13-24(27)28)21(14-18)26(3)4/h6-10,12,14-15,22H,5,11,13H2,1-4H3,(H,27,28)/t22-/m0/s1. The summed E-state index contributed by atoms with van der Waals surface area (Å²) in [5.74, 6) is 0.580. The van der Waals surface area contributed by atoms with Gasteiger partial charge >= 0.3 is 5.97 Å². The molecule has 0 fully saturated rings. The van der Waals surface area contributed by atoms with Crippen molar-refractivity contribution in [3.8, 4) is 17.0 Å². The molecule has 1 heterocycles. The molecule has 158 valence electrons. The van der Waals surface area contributed by atoms with E-state index in [4.69, 9.17) is 14.4 Å². The second kappa shape index (κ2) is 9.48. The summed E-state index contributed by atoms with van der Waals surface area (Å²) in [7, 11) is 3.87. The number of carboxylic acids is 1. The predicted octanol–water partition coefficient (Wildman–Crippen LogP) is 5.26. The van der Waals surface area contributed by atoms with E-state index in [0.29, 0.717) is 17.9 Å². The molecule has 0 amide bonds. The highest BCUT2D eigenvalue weighted by Crippen LogP contribution is 2.32. The van der Waals surface area contributed by atoms with E-state index < -0.39 is 5.97 Å². The van der Waals surface area contributed by atoms with E-state index in [0.717, 1.165) is 34.5 Å². The van der Waals surface area contributed by atoms with Crippen LogP contribution in [0.15, 0.2) is 53.1 Å². The Morgan fingerprint density at radius 2 is 1.97 bits per heavy atom. The van der Waals surface area contributed by atoms with Crippen LogP contribution in [0.1, 0.15) is 42.8 Å². The first-order chi connectivity index (χ1) is 14.4. The van der Waals surface area contributed by atoms with E-state index in [-0.39, 0.29) is 12.5 Å². The van der Waals surface area contributed by atoms with Gasteiger partial charge in [0.2, 0.25) is 0 Å². The minimum atomic E-state index is -0.805.